The van der Waals surface area contributed by atoms with Crippen LogP contribution in [0, 0.1) is 11.3 Å². The Morgan fingerprint density at radius 3 is 2.40 bits per heavy atom. The summed E-state index contributed by atoms with van der Waals surface area (Å²) in [5.74, 6) is -0.433. The lowest BCUT2D eigenvalue weighted by Crippen LogP contribution is -2.41. The minimum absolute atomic E-state index is 0.124. The van der Waals surface area contributed by atoms with Gasteiger partial charge in [0.15, 0.2) is 0 Å². The van der Waals surface area contributed by atoms with Crippen LogP contribution in [0.5, 0.6) is 0 Å². The number of imide groups is 1. The van der Waals surface area contributed by atoms with Gasteiger partial charge in [-0.1, -0.05) is 42.5 Å². The molecule has 126 valence electrons. The van der Waals surface area contributed by atoms with Crippen molar-refractivity contribution in [3.63, 3.8) is 0 Å². The van der Waals surface area contributed by atoms with Crippen molar-refractivity contribution in [2.45, 2.75) is 18.6 Å². The Kier molecular flexibility index (Phi) is 4.26. The zero-order valence-corrected chi connectivity index (χ0v) is 13.6. The smallest absolute Gasteiger partial charge is 0.325 e. The molecule has 2 aromatic rings. The molecule has 1 aliphatic rings. The van der Waals surface area contributed by atoms with Gasteiger partial charge in [-0.15, -0.1) is 0 Å². The summed E-state index contributed by atoms with van der Waals surface area (Å²) < 4.78 is 0. The quantitative estimate of drug-likeness (QED) is 0.836. The third-order valence-electron chi connectivity index (χ3n) is 4.41. The number of amides is 3. The Morgan fingerprint density at radius 1 is 1.16 bits per heavy atom. The van der Waals surface area contributed by atoms with Gasteiger partial charge in [0.2, 0.25) is 0 Å². The number of rotatable bonds is 4. The lowest BCUT2D eigenvalue weighted by molar-refractivity contribution is -0.132. The molecule has 1 saturated heterocycles. The molecule has 6 heteroatoms. The number of carbonyl (C=O) groups is 2. The molecule has 0 bridgehead atoms. The number of urea groups is 1. The van der Waals surface area contributed by atoms with Crippen molar-refractivity contribution in [2.75, 3.05) is 6.54 Å². The highest BCUT2D eigenvalue weighted by molar-refractivity contribution is 6.07. The van der Waals surface area contributed by atoms with E-state index in [1.807, 2.05) is 12.1 Å². The van der Waals surface area contributed by atoms with E-state index in [4.69, 9.17) is 5.26 Å². The number of hydrogen-bond donors (Lipinski definition) is 2. The van der Waals surface area contributed by atoms with Crippen molar-refractivity contribution >= 4 is 11.9 Å². The van der Waals surface area contributed by atoms with E-state index in [0.29, 0.717) is 16.7 Å². The standard InChI is InChI=1S/C19H17N3O3/c1-19(15-9-7-13(11-20)8-10-15)17(24)22(18(25)21-19)12-16(23)14-5-3-2-4-6-14/h2-10,16,23H,12H2,1H3,(H,21,25)/t16-,19+/m0/s1. The van der Waals surface area contributed by atoms with Crippen LogP contribution in [-0.4, -0.2) is 28.5 Å². The molecule has 0 saturated carbocycles. The average Bonchev–Trinajstić information content (AvgIpc) is 2.86. The van der Waals surface area contributed by atoms with Crippen LogP contribution in [0.15, 0.2) is 54.6 Å². The van der Waals surface area contributed by atoms with E-state index in [9.17, 15) is 14.7 Å². The molecule has 1 heterocycles. The zero-order chi connectivity index (χ0) is 18.0. The van der Waals surface area contributed by atoms with E-state index in [0.717, 1.165) is 4.90 Å². The topological polar surface area (TPSA) is 93.4 Å². The number of nitrogens with one attached hydrogen (secondary N) is 1. The van der Waals surface area contributed by atoms with Crippen LogP contribution in [0.2, 0.25) is 0 Å². The molecule has 2 aromatic carbocycles. The fraction of sp³-hybridized carbons (Fsp3) is 0.211. The van der Waals surface area contributed by atoms with Crippen LogP contribution in [0.4, 0.5) is 4.79 Å². The van der Waals surface area contributed by atoms with Crippen LogP contribution in [0.1, 0.15) is 29.7 Å². The van der Waals surface area contributed by atoms with Crippen molar-refractivity contribution in [1.82, 2.24) is 10.2 Å². The van der Waals surface area contributed by atoms with E-state index in [1.165, 1.54) is 0 Å². The Balaban J connectivity index is 1.83. The number of nitriles is 1. The Hall–Kier alpha value is -3.17. The summed E-state index contributed by atoms with van der Waals surface area (Å²) in [4.78, 5) is 26.1. The van der Waals surface area contributed by atoms with Crippen molar-refractivity contribution in [3.8, 4) is 6.07 Å². The molecule has 0 aromatic heterocycles. The van der Waals surface area contributed by atoms with Gasteiger partial charge in [-0.3, -0.25) is 9.69 Å². The fourth-order valence-corrected chi connectivity index (χ4v) is 2.89. The largest absolute Gasteiger partial charge is 0.387 e. The number of hydrogen-bond acceptors (Lipinski definition) is 4. The lowest BCUT2D eigenvalue weighted by atomic mass is 9.91. The molecule has 3 amide bonds. The van der Waals surface area contributed by atoms with Gasteiger partial charge in [0, 0.05) is 0 Å². The van der Waals surface area contributed by atoms with Crippen molar-refractivity contribution < 1.29 is 14.7 Å². The molecular formula is C19H17N3O3. The van der Waals surface area contributed by atoms with Gasteiger partial charge >= 0.3 is 6.03 Å². The summed E-state index contributed by atoms with van der Waals surface area (Å²) >= 11 is 0. The van der Waals surface area contributed by atoms with E-state index < -0.39 is 23.6 Å². The van der Waals surface area contributed by atoms with E-state index in [2.05, 4.69) is 5.32 Å². The Labute approximate surface area is 145 Å². The maximum atomic E-state index is 12.8. The van der Waals surface area contributed by atoms with E-state index in [-0.39, 0.29) is 6.54 Å². The third kappa shape index (κ3) is 2.97. The molecule has 0 spiro atoms. The number of carbonyl (C=O) groups excluding carboxylic acids is 2. The maximum Gasteiger partial charge on any atom is 0.325 e. The van der Waals surface area contributed by atoms with Crippen LogP contribution < -0.4 is 5.32 Å². The Morgan fingerprint density at radius 2 is 1.80 bits per heavy atom. The van der Waals surface area contributed by atoms with Crippen LogP contribution in [0.25, 0.3) is 0 Å². The second-order valence-corrected chi connectivity index (χ2v) is 6.09. The van der Waals surface area contributed by atoms with Gasteiger partial charge in [0.25, 0.3) is 5.91 Å². The molecule has 25 heavy (non-hydrogen) atoms. The second kappa shape index (κ2) is 6.38. The molecule has 0 radical (unpaired) electrons. The number of nitrogens with zero attached hydrogens (tertiary/aromatic N) is 2. The first kappa shape index (κ1) is 16.7. The van der Waals surface area contributed by atoms with Crippen LogP contribution in [-0.2, 0) is 10.3 Å². The number of aliphatic hydroxyl groups excluding tert-OH is 1. The first-order valence-corrected chi connectivity index (χ1v) is 7.83. The highest BCUT2D eigenvalue weighted by Gasteiger charge is 2.49. The summed E-state index contributed by atoms with van der Waals surface area (Å²) in [7, 11) is 0. The zero-order valence-electron chi connectivity index (χ0n) is 13.6. The molecule has 2 atom stereocenters. The molecule has 0 aliphatic carbocycles. The van der Waals surface area contributed by atoms with Gasteiger partial charge in [-0.25, -0.2) is 4.79 Å². The molecule has 3 rings (SSSR count). The van der Waals surface area contributed by atoms with Gasteiger partial charge in [-0.05, 0) is 30.2 Å². The highest BCUT2D eigenvalue weighted by atomic mass is 16.3. The minimum atomic E-state index is -1.22. The van der Waals surface area contributed by atoms with Gasteiger partial charge in [0.1, 0.15) is 5.54 Å². The molecule has 2 N–H and O–H groups in total. The van der Waals surface area contributed by atoms with Gasteiger partial charge < -0.3 is 10.4 Å². The van der Waals surface area contributed by atoms with Gasteiger partial charge in [-0.2, -0.15) is 5.26 Å². The van der Waals surface area contributed by atoms with E-state index >= 15 is 0 Å². The third-order valence-corrected chi connectivity index (χ3v) is 4.41. The van der Waals surface area contributed by atoms with Crippen molar-refractivity contribution in [3.05, 3.63) is 71.3 Å². The fourth-order valence-electron chi connectivity index (χ4n) is 2.89. The molecule has 1 fully saturated rings. The number of benzene rings is 2. The first-order chi connectivity index (χ1) is 12.0. The second-order valence-electron chi connectivity index (χ2n) is 6.09. The maximum absolute atomic E-state index is 12.8. The predicted octanol–water partition coefficient (Wildman–Crippen LogP) is 2.06. The number of aliphatic hydroxyl groups is 1. The van der Waals surface area contributed by atoms with Crippen LogP contribution in [0.3, 0.4) is 0 Å². The monoisotopic (exact) mass is 335 g/mol. The summed E-state index contributed by atoms with van der Waals surface area (Å²) in [6, 6.07) is 16.8. The summed E-state index contributed by atoms with van der Waals surface area (Å²) in [6.07, 6.45) is -0.959. The highest BCUT2D eigenvalue weighted by Crippen LogP contribution is 2.30. The Bertz CT molecular complexity index is 842. The molecule has 0 unspecified atom stereocenters. The summed E-state index contributed by atoms with van der Waals surface area (Å²) in [6.45, 7) is 1.49. The molecule has 1 aliphatic heterocycles. The van der Waals surface area contributed by atoms with Crippen molar-refractivity contribution in [2.24, 2.45) is 0 Å². The minimum Gasteiger partial charge on any atom is -0.387 e. The SMILES string of the molecule is C[C@]1(c2ccc(C#N)cc2)NC(=O)N(C[C@H](O)c2ccccc2)C1=O. The van der Waals surface area contributed by atoms with Crippen LogP contribution >= 0.6 is 0 Å². The summed E-state index contributed by atoms with van der Waals surface area (Å²) in [5.41, 5.74) is 0.471. The number of β-amino-alcohol motifs (C(OH)–C–C–N with tert-alkyl or cyclic N) is 1. The first-order valence-electron chi connectivity index (χ1n) is 7.83. The molecular weight excluding hydrogens is 318 g/mol. The van der Waals surface area contributed by atoms with Crippen molar-refractivity contribution in [1.29, 1.82) is 5.26 Å². The predicted molar refractivity (Wildman–Crippen MR) is 90.2 cm³/mol. The summed E-state index contributed by atoms with van der Waals surface area (Å²) in [5, 5.41) is 21.9. The average molecular weight is 335 g/mol. The lowest BCUT2D eigenvalue weighted by Gasteiger charge is -2.23. The molecule has 6 nitrogen and oxygen atoms in total. The normalized spacial score (nSPS) is 20.9. The van der Waals surface area contributed by atoms with Gasteiger partial charge in [0.05, 0.1) is 24.3 Å². The van der Waals surface area contributed by atoms with E-state index in [1.54, 1.807) is 55.5 Å².